The monoisotopic (exact) mass is 297 g/mol. The summed E-state index contributed by atoms with van der Waals surface area (Å²) in [4.78, 5) is 18.1. The largest absolute Gasteiger partial charge is 0.397 e. The van der Waals surface area contributed by atoms with Crippen LogP contribution in [0.25, 0.3) is 21.1 Å². The molecule has 1 amide bonds. The van der Waals surface area contributed by atoms with Crippen molar-refractivity contribution in [2.75, 3.05) is 12.3 Å². The number of thiophene rings is 1. The average molecular weight is 297 g/mol. The Bertz CT molecular complexity index is 867. The van der Waals surface area contributed by atoms with Crippen molar-refractivity contribution in [3.63, 3.8) is 0 Å². The summed E-state index contributed by atoms with van der Waals surface area (Å²) >= 11 is 1.32. The van der Waals surface area contributed by atoms with E-state index in [0.717, 1.165) is 26.7 Å². The summed E-state index contributed by atoms with van der Waals surface area (Å²) in [6.07, 6.45) is 1.64. The number of nitrogens with two attached hydrogens (primary N) is 1. The molecule has 21 heavy (non-hydrogen) atoms. The highest BCUT2D eigenvalue weighted by Crippen LogP contribution is 2.34. The minimum atomic E-state index is -0.184. The number of nitrogens with one attached hydrogen (secondary N) is 1. The summed E-state index contributed by atoms with van der Waals surface area (Å²) in [6.45, 7) is 6.02. The van der Waals surface area contributed by atoms with Crippen LogP contribution in [0.15, 0.2) is 36.9 Å². The Labute approximate surface area is 126 Å². The normalized spacial score (nSPS) is 10.9. The lowest BCUT2D eigenvalue weighted by Gasteiger charge is -2.01. The summed E-state index contributed by atoms with van der Waals surface area (Å²) in [5, 5.41) is 4.62. The van der Waals surface area contributed by atoms with Gasteiger partial charge in [0.05, 0.1) is 11.2 Å². The van der Waals surface area contributed by atoms with Gasteiger partial charge in [-0.15, -0.1) is 17.9 Å². The Morgan fingerprint density at radius 1 is 1.52 bits per heavy atom. The van der Waals surface area contributed by atoms with Crippen molar-refractivity contribution in [3.05, 3.63) is 47.4 Å². The Kier molecular flexibility index (Phi) is 3.35. The number of nitrogen functional groups attached to an aromatic ring is 1. The van der Waals surface area contributed by atoms with Gasteiger partial charge in [0.25, 0.3) is 5.91 Å². The van der Waals surface area contributed by atoms with Crippen molar-refractivity contribution in [1.29, 1.82) is 0 Å². The molecule has 0 aliphatic carbocycles. The molecule has 3 aromatic rings. The number of benzene rings is 1. The van der Waals surface area contributed by atoms with Crippen LogP contribution in [-0.2, 0) is 0 Å². The van der Waals surface area contributed by atoms with E-state index in [9.17, 15) is 4.79 Å². The lowest BCUT2D eigenvalue weighted by Crippen LogP contribution is -2.22. The van der Waals surface area contributed by atoms with E-state index < -0.39 is 0 Å². The highest BCUT2D eigenvalue weighted by molar-refractivity contribution is 7.21. The molecule has 0 atom stereocenters. The molecule has 0 aliphatic heterocycles. The average Bonchev–Trinajstić information content (AvgIpc) is 2.80. The molecule has 1 aromatic carbocycles. The maximum absolute atomic E-state index is 12.1. The lowest BCUT2D eigenvalue weighted by molar-refractivity contribution is 0.0963. The van der Waals surface area contributed by atoms with Crippen molar-refractivity contribution in [2.24, 2.45) is 0 Å². The molecule has 4 nitrogen and oxygen atoms in total. The third-order valence-corrected chi connectivity index (χ3v) is 4.47. The maximum atomic E-state index is 12.1. The second kappa shape index (κ2) is 5.18. The van der Waals surface area contributed by atoms with E-state index in [1.54, 1.807) is 6.08 Å². The van der Waals surface area contributed by atoms with E-state index in [1.165, 1.54) is 11.3 Å². The molecular formula is C16H15N3OS. The number of carbonyl (C=O) groups is 1. The number of aromatic nitrogens is 1. The van der Waals surface area contributed by atoms with E-state index in [4.69, 9.17) is 5.73 Å². The van der Waals surface area contributed by atoms with E-state index in [2.05, 4.69) is 16.9 Å². The fraction of sp³-hybridized carbons (Fsp3) is 0.125. The second-order valence-corrected chi connectivity index (χ2v) is 5.83. The summed E-state index contributed by atoms with van der Waals surface area (Å²) in [7, 11) is 0. The van der Waals surface area contributed by atoms with Crippen molar-refractivity contribution in [1.82, 2.24) is 10.3 Å². The third kappa shape index (κ3) is 2.25. The number of fused-ring (bicyclic) bond motifs is 2. The van der Waals surface area contributed by atoms with E-state index in [-0.39, 0.29) is 5.91 Å². The van der Waals surface area contributed by atoms with Gasteiger partial charge in [-0.2, -0.15) is 0 Å². The summed E-state index contributed by atoms with van der Waals surface area (Å²) in [5.74, 6) is -0.184. The molecular weight excluding hydrogens is 282 g/mol. The molecule has 5 heteroatoms. The Balaban J connectivity index is 2.19. The number of amides is 1. The van der Waals surface area contributed by atoms with Crippen LogP contribution in [0, 0.1) is 6.92 Å². The van der Waals surface area contributed by atoms with Gasteiger partial charge in [-0.3, -0.25) is 4.79 Å². The van der Waals surface area contributed by atoms with Gasteiger partial charge in [0.2, 0.25) is 0 Å². The SMILES string of the molecule is C=CCNC(=O)c1sc2nc3c(C)cccc3cc2c1N. The Morgan fingerprint density at radius 2 is 2.33 bits per heavy atom. The van der Waals surface area contributed by atoms with Gasteiger partial charge in [0.15, 0.2) is 0 Å². The summed E-state index contributed by atoms with van der Waals surface area (Å²) in [6, 6.07) is 8.02. The number of carbonyl (C=O) groups excluding carboxylic acids is 1. The third-order valence-electron chi connectivity index (χ3n) is 3.36. The van der Waals surface area contributed by atoms with Gasteiger partial charge >= 0.3 is 0 Å². The van der Waals surface area contributed by atoms with Gasteiger partial charge in [-0.05, 0) is 18.6 Å². The van der Waals surface area contributed by atoms with Crippen molar-refractivity contribution in [2.45, 2.75) is 6.92 Å². The van der Waals surface area contributed by atoms with Crippen molar-refractivity contribution >= 4 is 44.1 Å². The summed E-state index contributed by atoms with van der Waals surface area (Å²) in [5.41, 5.74) is 8.68. The number of pyridine rings is 1. The van der Waals surface area contributed by atoms with E-state index in [0.29, 0.717) is 17.1 Å². The van der Waals surface area contributed by atoms with E-state index in [1.807, 2.05) is 31.2 Å². The van der Waals surface area contributed by atoms with Crippen LogP contribution in [0.2, 0.25) is 0 Å². The predicted octanol–water partition coefficient (Wildman–Crippen LogP) is 3.26. The number of nitrogens with zero attached hydrogens (tertiary/aromatic N) is 1. The second-order valence-electron chi connectivity index (χ2n) is 4.83. The molecule has 0 saturated heterocycles. The predicted molar refractivity (Wildman–Crippen MR) is 88.8 cm³/mol. The molecule has 2 aromatic heterocycles. The lowest BCUT2D eigenvalue weighted by atomic mass is 10.1. The fourth-order valence-corrected chi connectivity index (χ4v) is 3.28. The standard InChI is InChI=1S/C16H15N3OS/c1-3-7-18-15(20)14-12(17)11-8-10-6-4-5-9(2)13(10)19-16(11)21-14/h3-6,8H,1,7,17H2,2H3,(H,18,20). The smallest absolute Gasteiger partial charge is 0.263 e. The zero-order valence-electron chi connectivity index (χ0n) is 11.6. The molecule has 0 radical (unpaired) electrons. The fourth-order valence-electron chi connectivity index (χ4n) is 2.29. The first kappa shape index (κ1) is 13.6. The minimum absolute atomic E-state index is 0.184. The van der Waals surface area contributed by atoms with Crippen LogP contribution < -0.4 is 11.1 Å². The number of hydrogen-bond acceptors (Lipinski definition) is 4. The zero-order chi connectivity index (χ0) is 15.0. The molecule has 0 fully saturated rings. The van der Waals surface area contributed by atoms with Gasteiger partial charge in [-0.1, -0.05) is 24.3 Å². The molecule has 2 heterocycles. The van der Waals surface area contributed by atoms with Crippen LogP contribution in [0.5, 0.6) is 0 Å². The Hall–Kier alpha value is -2.40. The zero-order valence-corrected chi connectivity index (χ0v) is 12.5. The number of aryl methyl sites for hydroxylation is 1. The number of rotatable bonds is 3. The summed E-state index contributed by atoms with van der Waals surface area (Å²) < 4.78 is 0. The first-order valence-electron chi connectivity index (χ1n) is 6.59. The number of hydrogen-bond donors (Lipinski definition) is 2. The molecule has 0 bridgehead atoms. The van der Waals surface area contributed by atoms with Crippen molar-refractivity contribution < 1.29 is 4.79 Å². The number of para-hydroxylation sites is 1. The highest BCUT2D eigenvalue weighted by Gasteiger charge is 2.17. The van der Waals surface area contributed by atoms with Gasteiger partial charge in [0, 0.05) is 17.3 Å². The van der Waals surface area contributed by atoms with Crippen LogP contribution in [-0.4, -0.2) is 17.4 Å². The molecule has 3 rings (SSSR count). The topological polar surface area (TPSA) is 68.0 Å². The highest BCUT2D eigenvalue weighted by atomic mass is 32.1. The molecule has 0 aliphatic rings. The molecule has 0 saturated carbocycles. The first-order valence-corrected chi connectivity index (χ1v) is 7.41. The van der Waals surface area contributed by atoms with Crippen LogP contribution in [0.4, 0.5) is 5.69 Å². The molecule has 0 spiro atoms. The van der Waals surface area contributed by atoms with Crippen LogP contribution >= 0.6 is 11.3 Å². The van der Waals surface area contributed by atoms with E-state index >= 15 is 0 Å². The van der Waals surface area contributed by atoms with Crippen LogP contribution in [0.1, 0.15) is 15.2 Å². The molecule has 3 N–H and O–H groups in total. The number of anilines is 1. The maximum Gasteiger partial charge on any atom is 0.263 e. The molecule has 0 unspecified atom stereocenters. The van der Waals surface area contributed by atoms with Crippen LogP contribution in [0.3, 0.4) is 0 Å². The van der Waals surface area contributed by atoms with Crippen molar-refractivity contribution in [3.8, 4) is 0 Å². The van der Waals surface area contributed by atoms with Gasteiger partial charge < -0.3 is 11.1 Å². The minimum Gasteiger partial charge on any atom is -0.397 e. The van der Waals surface area contributed by atoms with Gasteiger partial charge in [-0.25, -0.2) is 4.98 Å². The Morgan fingerprint density at radius 3 is 3.10 bits per heavy atom. The first-order chi connectivity index (χ1) is 10.1. The molecule has 106 valence electrons. The van der Waals surface area contributed by atoms with Gasteiger partial charge in [0.1, 0.15) is 9.71 Å². The quantitative estimate of drug-likeness (QED) is 0.729.